The van der Waals surface area contributed by atoms with Crippen LogP contribution in [0.2, 0.25) is 0 Å². The summed E-state index contributed by atoms with van der Waals surface area (Å²) in [5, 5.41) is 14.9. The Morgan fingerprint density at radius 3 is 2.42 bits per heavy atom. The monoisotopic (exact) mass is 472 g/mol. The Labute approximate surface area is 199 Å². The molecule has 10 heteroatoms. The van der Waals surface area contributed by atoms with E-state index in [0.29, 0.717) is 24.1 Å². The van der Waals surface area contributed by atoms with Crippen molar-refractivity contribution >= 4 is 40.7 Å². The lowest BCUT2D eigenvalue weighted by Gasteiger charge is -2.10. The van der Waals surface area contributed by atoms with Gasteiger partial charge in [0.05, 0.1) is 17.2 Å². The van der Waals surface area contributed by atoms with E-state index in [2.05, 4.69) is 53.2 Å². The predicted octanol–water partition coefficient (Wildman–Crippen LogP) is 4.86. The molecule has 8 nitrogen and oxygen atoms in total. The summed E-state index contributed by atoms with van der Waals surface area (Å²) in [6.45, 7) is 0.670. The van der Waals surface area contributed by atoms with Crippen LogP contribution in [-0.4, -0.2) is 29.7 Å². The topological polar surface area (TPSA) is 107 Å². The predicted molar refractivity (Wildman–Crippen MR) is 132 cm³/mol. The number of nitrogens with one attached hydrogen (secondary N) is 1. The Kier molecular flexibility index (Phi) is 6.27. The summed E-state index contributed by atoms with van der Waals surface area (Å²) in [5.74, 6) is 2.47. The number of thioether (sulfide) groups is 1. The van der Waals surface area contributed by atoms with E-state index in [0.717, 1.165) is 21.5 Å². The Bertz CT molecular complexity index is 1320. The minimum Gasteiger partial charge on any atom is -0.368 e. The van der Waals surface area contributed by atoms with Crippen LogP contribution in [0.1, 0.15) is 11.4 Å². The molecule has 3 aromatic heterocycles. The second kappa shape index (κ2) is 9.80. The number of para-hydroxylation sites is 1. The van der Waals surface area contributed by atoms with E-state index in [4.69, 9.17) is 5.73 Å². The van der Waals surface area contributed by atoms with Crippen molar-refractivity contribution in [3.05, 3.63) is 89.6 Å². The molecule has 2 aromatic carbocycles. The highest BCUT2D eigenvalue weighted by molar-refractivity contribution is 7.98. The van der Waals surface area contributed by atoms with Gasteiger partial charge in [-0.3, -0.25) is 4.57 Å². The van der Waals surface area contributed by atoms with Crippen molar-refractivity contribution in [2.75, 3.05) is 11.1 Å². The molecule has 0 saturated carbocycles. The van der Waals surface area contributed by atoms with Gasteiger partial charge in [0, 0.05) is 5.69 Å². The number of hydrogen-bond donors (Lipinski definition) is 2. The molecule has 0 bridgehead atoms. The van der Waals surface area contributed by atoms with Crippen molar-refractivity contribution in [1.82, 2.24) is 29.7 Å². The molecule has 0 aliphatic carbocycles. The quantitative estimate of drug-likeness (QED) is 0.308. The van der Waals surface area contributed by atoms with Crippen LogP contribution in [0.5, 0.6) is 0 Å². The number of hydrogen-bond acceptors (Lipinski definition) is 9. The van der Waals surface area contributed by atoms with Gasteiger partial charge in [-0.1, -0.05) is 66.4 Å². The minimum atomic E-state index is 0.170. The molecule has 3 N–H and O–H groups in total. The average Bonchev–Trinajstić information content (AvgIpc) is 3.49. The number of nitrogens with zero attached hydrogens (tertiary/aromatic N) is 6. The second-order valence-electron chi connectivity index (χ2n) is 7.07. The lowest BCUT2D eigenvalue weighted by atomic mass is 10.2. The van der Waals surface area contributed by atoms with Gasteiger partial charge < -0.3 is 11.1 Å². The fourth-order valence-corrected chi connectivity index (χ4v) is 4.74. The van der Waals surface area contributed by atoms with Crippen molar-refractivity contribution in [2.24, 2.45) is 0 Å². The molecule has 0 aliphatic rings. The lowest BCUT2D eigenvalue weighted by molar-refractivity contribution is 0.715. The molecule has 0 amide bonds. The van der Waals surface area contributed by atoms with Gasteiger partial charge in [-0.25, -0.2) is 0 Å². The summed E-state index contributed by atoms with van der Waals surface area (Å²) in [5.41, 5.74) is 8.00. The molecule has 3 heterocycles. The first-order valence-electron chi connectivity index (χ1n) is 10.2. The van der Waals surface area contributed by atoms with E-state index in [-0.39, 0.29) is 5.95 Å². The molecule has 5 rings (SSSR count). The Morgan fingerprint density at radius 1 is 0.879 bits per heavy atom. The molecule has 0 fully saturated rings. The van der Waals surface area contributed by atoms with Crippen LogP contribution in [-0.2, 0) is 12.3 Å². The SMILES string of the molecule is Nc1nc(CSc2nnc(-c3cccs3)n2Cc2ccccc2)nc(Nc2ccccc2)n1. The summed E-state index contributed by atoms with van der Waals surface area (Å²) in [4.78, 5) is 14.1. The van der Waals surface area contributed by atoms with Crippen LogP contribution >= 0.6 is 23.1 Å². The zero-order valence-corrected chi connectivity index (χ0v) is 19.1. The fraction of sp³-hybridized carbons (Fsp3) is 0.0870. The molecule has 164 valence electrons. The molecule has 0 saturated heterocycles. The summed E-state index contributed by atoms with van der Waals surface area (Å²) in [6, 6.07) is 24.0. The standard InChI is InChI=1S/C23H20N8S2/c24-21-26-19(27-22(28-21)25-17-10-5-2-6-11-17)15-33-23-30-29-20(18-12-7-13-32-18)31(23)14-16-8-3-1-4-9-16/h1-13H,14-15H2,(H3,24,25,26,27,28). The van der Waals surface area contributed by atoms with Gasteiger partial charge in [-0.05, 0) is 29.1 Å². The maximum Gasteiger partial charge on any atom is 0.232 e. The van der Waals surface area contributed by atoms with E-state index in [9.17, 15) is 0 Å². The van der Waals surface area contributed by atoms with E-state index in [1.54, 1.807) is 11.3 Å². The summed E-state index contributed by atoms with van der Waals surface area (Å²) in [6.07, 6.45) is 0. The van der Waals surface area contributed by atoms with Crippen molar-refractivity contribution in [3.8, 4) is 10.7 Å². The summed E-state index contributed by atoms with van der Waals surface area (Å²) < 4.78 is 2.12. The number of aromatic nitrogens is 6. The lowest BCUT2D eigenvalue weighted by Crippen LogP contribution is -2.07. The highest BCUT2D eigenvalue weighted by Gasteiger charge is 2.17. The maximum absolute atomic E-state index is 5.94. The molecule has 33 heavy (non-hydrogen) atoms. The fourth-order valence-electron chi connectivity index (χ4n) is 3.23. The first kappa shape index (κ1) is 21.1. The number of nitrogens with two attached hydrogens (primary N) is 1. The first-order chi connectivity index (χ1) is 16.2. The van der Waals surface area contributed by atoms with E-state index < -0.39 is 0 Å². The van der Waals surface area contributed by atoms with Crippen LogP contribution in [0.15, 0.2) is 83.3 Å². The van der Waals surface area contributed by atoms with Crippen LogP contribution in [0.3, 0.4) is 0 Å². The Balaban J connectivity index is 1.38. The highest BCUT2D eigenvalue weighted by atomic mass is 32.2. The summed E-state index contributed by atoms with van der Waals surface area (Å²) in [7, 11) is 0. The third-order valence-electron chi connectivity index (χ3n) is 4.70. The highest BCUT2D eigenvalue weighted by Crippen LogP contribution is 2.29. The Morgan fingerprint density at radius 2 is 1.67 bits per heavy atom. The molecule has 0 spiro atoms. The molecule has 0 radical (unpaired) electrons. The van der Waals surface area contributed by atoms with Crippen LogP contribution in [0.25, 0.3) is 10.7 Å². The van der Waals surface area contributed by atoms with Crippen molar-refractivity contribution in [2.45, 2.75) is 17.5 Å². The van der Waals surface area contributed by atoms with E-state index in [1.165, 1.54) is 17.3 Å². The number of anilines is 3. The third kappa shape index (κ3) is 5.18. The number of thiophene rings is 1. The van der Waals surface area contributed by atoms with Crippen molar-refractivity contribution in [1.29, 1.82) is 0 Å². The van der Waals surface area contributed by atoms with Gasteiger partial charge in [-0.15, -0.1) is 21.5 Å². The third-order valence-corrected chi connectivity index (χ3v) is 6.53. The first-order valence-corrected chi connectivity index (χ1v) is 12.1. The zero-order chi connectivity index (χ0) is 22.5. The number of rotatable bonds is 8. The van der Waals surface area contributed by atoms with Gasteiger partial charge >= 0.3 is 0 Å². The summed E-state index contributed by atoms with van der Waals surface area (Å²) >= 11 is 3.16. The van der Waals surface area contributed by atoms with E-state index >= 15 is 0 Å². The van der Waals surface area contributed by atoms with Gasteiger partial charge in [0.25, 0.3) is 0 Å². The van der Waals surface area contributed by atoms with Crippen LogP contribution in [0, 0.1) is 0 Å². The molecular weight excluding hydrogens is 452 g/mol. The zero-order valence-electron chi connectivity index (χ0n) is 17.5. The molecule has 0 atom stereocenters. The van der Waals surface area contributed by atoms with E-state index in [1.807, 2.05) is 60.0 Å². The molecule has 5 aromatic rings. The van der Waals surface area contributed by atoms with Crippen LogP contribution < -0.4 is 11.1 Å². The maximum atomic E-state index is 5.94. The van der Waals surface area contributed by atoms with Crippen molar-refractivity contribution < 1.29 is 0 Å². The number of nitrogen functional groups attached to an aromatic ring is 1. The van der Waals surface area contributed by atoms with Gasteiger partial charge in [0.15, 0.2) is 11.0 Å². The smallest absolute Gasteiger partial charge is 0.232 e. The Hall–Kier alpha value is -3.76. The van der Waals surface area contributed by atoms with Crippen molar-refractivity contribution in [3.63, 3.8) is 0 Å². The molecule has 0 aliphatic heterocycles. The molecule has 0 unspecified atom stereocenters. The second-order valence-corrected chi connectivity index (χ2v) is 8.96. The minimum absolute atomic E-state index is 0.170. The normalized spacial score (nSPS) is 10.9. The van der Waals surface area contributed by atoms with Crippen LogP contribution in [0.4, 0.5) is 17.6 Å². The van der Waals surface area contributed by atoms with Gasteiger partial charge in [-0.2, -0.15) is 15.0 Å². The van der Waals surface area contributed by atoms with Gasteiger partial charge in [0.2, 0.25) is 11.9 Å². The largest absolute Gasteiger partial charge is 0.368 e. The van der Waals surface area contributed by atoms with Gasteiger partial charge in [0.1, 0.15) is 5.82 Å². The molecular formula is C23H20N8S2. The number of benzene rings is 2. The average molecular weight is 473 g/mol.